The number of nitrogens with two attached hydrogens (primary N) is 1. The summed E-state index contributed by atoms with van der Waals surface area (Å²) in [5, 5.41) is 8.79. The molecule has 66 valence electrons. The molecule has 0 aliphatic rings. The minimum atomic E-state index is 0.110. The lowest BCUT2D eigenvalue weighted by Crippen LogP contribution is -2.17. The second-order valence-corrected chi connectivity index (χ2v) is 3.16. The van der Waals surface area contributed by atoms with Crippen molar-refractivity contribution in [2.24, 2.45) is 5.73 Å². The summed E-state index contributed by atoms with van der Waals surface area (Å²) in [4.78, 5) is 0. The lowest BCUT2D eigenvalue weighted by molar-refractivity contribution is 0.282. The Morgan fingerprint density at radius 1 is 1.25 bits per heavy atom. The Morgan fingerprint density at radius 3 is 2.17 bits per heavy atom. The van der Waals surface area contributed by atoms with Gasteiger partial charge in [-0.1, -0.05) is 24.3 Å². The van der Waals surface area contributed by atoms with Gasteiger partial charge in [0.15, 0.2) is 0 Å². The molecule has 1 aromatic carbocycles. The predicted molar refractivity (Wildman–Crippen MR) is 49.7 cm³/mol. The minimum absolute atomic E-state index is 0.110. The van der Waals surface area contributed by atoms with Gasteiger partial charge in [0.25, 0.3) is 0 Å². The highest BCUT2D eigenvalue weighted by molar-refractivity contribution is 5.22. The Labute approximate surface area is 73.0 Å². The summed E-state index contributed by atoms with van der Waals surface area (Å²) in [5.74, 6) is 0. The van der Waals surface area contributed by atoms with Crippen LogP contribution in [0, 0.1) is 0 Å². The van der Waals surface area contributed by atoms with Crippen LogP contribution in [0.5, 0.6) is 0 Å². The van der Waals surface area contributed by atoms with Crippen molar-refractivity contribution in [1.82, 2.24) is 0 Å². The summed E-state index contributed by atoms with van der Waals surface area (Å²) in [5.41, 5.74) is 7.82. The van der Waals surface area contributed by atoms with Gasteiger partial charge in [-0.15, -0.1) is 0 Å². The summed E-state index contributed by atoms with van der Waals surface area (Å²) in [6.45, 7) is 2.10. The first kappa shape index (κ1) is 9.23. The van der Waals surface area contributed by atoms with Crippen LogP contribution >= 0.6 is 0 Å². The molecule has 12 heavy (non-hydrogen) atoms. The normalized spacial score (nSPS) is 12.9. The third-order valence-corrected chi connectivity index (χ3v) is 1.76. The summed E-state index contributed by atoms with van der Waals surface area (Å²) < 4.78 is 0. The quantitative estimate of drug-likeness (QED) is 0.703. The Hall–Kier alpha value is -0.860. The van der Waals surface area contributed by atoms with Gasteiger partial charge in [-0.25, -0.2) is 0 Å². The molecule has 0 saturated heterocycles. The lowest BCUT2D eigenvalue weighted by Gasteiger charge is -2.05. The summed E-state index contributed by atoms with van der Waals surface area (Å²) in [7, 11) is 0. The van der Waals surface area contributed by atoms with Gasteiger partial charge >= 0.3 is 0 Å². The van der Waals surface area contributed by atoms with Crippen LogP contribution in [0.3, 0.4) is 0 Å². The largest absolute Gasteiger partial charge is 0.392 e. The average molecular weight is 165 g/mol. The van der Waals surface area contributed by atoms with Crippen LogP contribution in [0.1, 0.15) is 18.1 Å². The van der Waals surface area contributed by atoms with Crippen molar-refractivity contribution in [2.45, 2.75) is 26.0 Å². The number of aliphatic hydroxyl groups excluding tert-OH is 1. The third kappa shape index (κ3) is 2.64. The molecule has 0 amide bonds. The fourth-order valence-corrected chi connectivity index (χ4v) is 1.15. The van der Waals surface area contributed by atoms with Crippen LogP contribution in [0.15, 0.2) is 24.3 Å². The van der Waals surface area contributed by atoms with Crippen molar-refractivity contribution in [1.29, 1.82) is 0 Å². The van der Waals surface area contributed by atoms with E-state index in [1.54, 1.807) is 0 Å². The molecule has 0 heterocycles. The molecule has 2 nitrogen and oxygen atoms in total. The van der Waals surface area contributed by atoms with Crippen LogP contribution in [0.25, 0.3) is 0 Å². The molecule has 0 aromatic heterocycles. The van der Waals surface area contributed by atoms with Gasteiger partial charge in [0.05, 0.1) is 6.61 Å². The van der Waals surface area contributed by atoms with E-state index in [1.807, 2.05) is 31.2 Å². The SMILES string of the molecule is C[C@@H](N)Cc1ccc(CO)cc1. The molecule has 0 aliphatic carbocycles. The first-order chi connectivity index (χ1) is 5.72. The summed E-state index contributed by atoms with van der Waals surface area (Å²) in [6.07, 6.45) is 0.895. The van der Waals surface area contributed by atoms with E-state index < -0.39 is 0 Å². The van der Waals surface area contributed by atoms with E-state index in [0.29, 0.717) is 0 Å². The molecular formula is C10H15NO. The maximum atomic E-state index is 8.79. The van der Waals surface area contributed by atoms with Gasteiger partial charge in [0.1, 0.15) is 0 Å². The maximum Gasteiger partial charge on any atom is 0.0681 e. The van der Waals surface area contributed by atoms with E-state index >= 15 is 0 Å². The Morgan fingerprint density at radius 2 is 1.75 bits per heavy atom. The van der Waals surface area contributed by atoms with Gasteiger partial charge in [0, 0.05) is 6.04 Å². The first-order valence-electron chi connectivity index (χ1n) is 4.16. The van der Waals surface area contributed by atoms with Gasteiger partial charge in [0.2, 0.25) is 0 Å². The lowest BCUT2D eigenvalue weighted by atomic mass is 10.1. The molecule has 1 aromatic rings. The monoisotopic (exact) mass is 165 g/mol. The fraction of sp³-hybridized carbons (Fsp3) is 0.400. The zero-order valence-electron chi connectivity index (χ0n) is 7.33. The smallest absolute Gasteiger partial charge is 0.0681 e. The van der Waals surface area contributed by atoms with Crippen molar-refractivity contribution < 1.29 is 5.11 Å². The number of rotatable bonds is 3. The molecule has 3 N–H and O–H groups in total. The van der Waals surface area contributed by atoms with E-state index in [0.717, 1.165) is 12.0 Å². The van der Waals surface area contributed by atoms with Gasteiger partial charge < -0.3 is 10.8 Å². The standard InChI is InChI=1S/C10H15NO/c1-8(11)6-9-2-4-10(7-12)5-3-9/h2-5,8,12H,6-7,11H2,1H3/t8-/m1/s1. The molecule has 0 radical (unpaired) electrons. The van der Waals surface area contributed by atoms with Crippen molar-refractivity contribution in [3.63, 3.8) is 0 Å². The fourth-order valence-electron chi connectivity index (χ4n) is 1.15. The van der Waals surface area contributed by atoms with E-state index in [1.165, 1.54) is 5.56 Å². The zero-order valence-corrected chi connectivity index (χ0v) is 7.33. The van der Waals surface area contributed by atoms with Crippen molar-refractivity contribution in [2.75, 3.05) is 0 Å². The third-order valence-electron chi connectivity index (χ3n) is 1.76. The zero-order chi connectivity index (χ0) is 8.97. The van der Waals surface area contributed by atoms with Gasteiger partial charge in [-0.3, -0.25) is 0 Å². The van der Waals surface area contributed by atoms with E-state index in [2.05, 4.69) is 0 Å². The first-order valence-corrected chi connectivity index (χ1v) is 4.16. The van der Waals surface area contributed by atoms with E-state index in [4.69, 9.17) is 10.8 Å². The number of hydrogen-bond acceptors (Lipinski definition) is 2. The van der Waals surface area contributed by atoms with Crippen molar-refractivity contribution in [3.8, 4) is 0 Å². The second kappa shape index (κ2) is 4.24. The molecule has 0 aliphatic heterocycles. The van der Waals surface area contributed by atoms with Crippen molar-refractivity contribution >= 4 is 0 Å². The number of hydrogen-bond donors (Lipinski definition) is 2. The Kier molecular flexibility index (Phi) is 3.26. The minimum Gasteiger partial charge on any atom is -0.392 e. The highest BCUT2D eigenvalue weighted by Gasteiger charge is 1.97. The van der Waals surface area contributed by atoms with Gasteiger partial charge in [-0.2, -0.15) is 0 Å². The highest BCUT2D eigenvalue weighted by Crippen LogP contribution is 2.05. The number of benzene rings is 1. The van der Waals surface area contributed by atoms with Crippen LogP contribution in [0.4, 0.5) is 0 Å². The Balaban J connectivity index is 2.65. The van der Waals surface area contributed by atoms with E-state index in [9.17, 15) is 0 Å². The van der Waals surface area contributed by atoms with Crippen LogP contribution in [-0.4, -0.2) is 11.1 Å². The highest BCUT2D eigenvalue weighted by atomic mass is 16.3. The molecule has 0 unspecified atom stereocenters. The molecule has 0 spiro atoms. The van der Waals surface area contributed by atoms with Crippen molar-refractivity contribution in [3.05, 3.63) is 35.4 Å². The average Bonchev–Trinajstić information content (AvgIpc) is 2.05. The van der Waals surface area contributed by atoms with E-state index in [-0.39, 0.29) is 12.6 Å². The predicted octanol–water partition coefficient (Wildman–Crippen LogP) is 1.07. The number of aliphatic hydroxyl groups is 1. The molecule has 2 heteroatoms. The Bertz CT molecular complexity index is 228. The summed E-state index contributed by atoms with van der Waals surface area (Å²) >= 11 is 0. The molecule has 0 fully saturated rings. The van der Waals surface area contributed by atoms with Gasteiger partial charge in [-0.05, 0) is 24.5 Å². The molecule has 1 atom stereocenters. The van der Waals surface area contributed by atoms with Crippen LogP contribution in [-0.2, 0) is 13.0 Å². The second-order valence-electron chi connectivity index (χ2n) is 3.16. The van der Waals surface area contributed by atoms with Crippen LogP contribution < -0.4 is 5.73 Å². The molecule has 1 rings (SSSR count). The molecule has 0 saturated carbocycles. The topological polar surface area (TPSA) is 46.2 Å². The molecule has 0 bridgehead atoms. The van der Waals surface area contributed by atoms with Crippen LogP contribution in [0.2, 0.25) is 0 Å². The molecular weight excluding hydrogens is 150 g/mol. The summed E-state index contributed by atoms with van der Waals surface area (Å²) in [6, 6.07) is 8.07. The maximum absolute atomic E-state index is 8.79.